The molecule has 0 fully saturated rings. The van der Waals surface area contributed by atoms with E-state index in [2.05, 4.69) is 43.0 Å². The van der Waals surface area contributed by atoms with Gasteiger partial charge in [-0.25, -0.2) is 4.68 Å². The second-order valence-corrected chi connectivity index (χ2v) is 9.41. The van der Waals surface area contributed by atoms with Crippen LogP contribution in [0.4, 0.5) is 0 Å². The van der Waals surface area contributed by atoms with Crippen LogP contribution >= 0.6 is 0 Å². The zero-order valence-corrected chi connectivity index (χ0v) is 22.2. The van der Waals surface area contributed by atoms with E-state index in [0.717, 1.165) is 28.8 Å². The lowest BCUT2D eigenvalue weighted by Gasteiger charge is -2.31. The summed E-state index contributed by atoms with van der Waals surface area (Å²) in [7, 11) is 3.54. The largest absolute Gasteiger partial charge is 0.493 e. The zero-order chi connectivity index (χ0) is 26.2. The van der Waals surface area contributed by atoms with Gasteiger partial charge < -0.3 is 14.6 Å². The minimum absolute atomic E-state index is 0.258. The van der Waals surface area contributed by atoms with Crippen molar-refractivity contribution in [1.82, 2.24) is 14.7 Å². The summed E-state index contributed by atoms with van der Waals surface area (Å²) in [5.41, 5.74) is 4.01. The van der Waals surface area contributed by atoms with Crippen molar-refractivity contribution >= 4 is 0 Å². The van der Waals surface area contributed by atoms with Crippen molar-refractivity contribution < 1.29 is 14.6 Å². The van der Waals surface area contributed by atoms with Gasteiger partial charge in [0.05, 0.1) is 18.8 Å². The lowest BCUT2D eigenvalue weighted by Crippen LogP contribution is -2.39. The van der Waals surface area contributed by atoms with E-state index in [0.29, 0.717) is 36.9 Å². The molecule has 4 rings (SSSR count). The summed E-state index contributed by atoms with van der Waals surface area (Å²) >= 11 is 0. The van der Waals surface area contributed by atoms with Gasteiger partial charge in [0.2, 0.25) is 5.88 Å². The molecule has 1 N–H and O–H groups in total. The molecule has 0 spiro atoms. The van der Waals surface area contributed by atoms with Crippen LogP contribution in [0.25, 0.3) is 11.3 Å². The molecule has 0 saturated heterocycles. The highest BCUT2D eigenvalue weighted by atomic mass is 16.5. The Hall–Kier alpha value is -3.61. The molecule has 0 bridgehead atoms. The summed E-state index contributed by atoms with van der Waals surface area (Å²) in [6.45, 7) is 5.51. The maximum absolute atomic E-state index is 11.0. The standard InChI is InChI=1S/C31H37N3O3/c1-5-23(2)34(21-26(35)20-24-14-8-6-9-15-24)22-27-30(25-16-10-7-11-17-25)32-33(3)31(27)37-29-19-13-12-18-28(29)36-4/h6-19,23,26,35H,5,20-22H2,1-4H3/t23-,26-/m1/s1. The van der Waals surface area contributed by atoms with Crippen LogP contribution in [-0.4, -0.2) is 45.6 Å². The summed E-state index contributed by atoms with van der Waals surface area (Å²) in [6.07, 6.45) is 1.07. The first-order valence-corrected chi connectivity index (χ1v) is 12.9. The lowest BCUT2D eigenvalue weighted by molar-refractivity contribution is 0.0845. The molecule has 0 aliphatic carbocycles. The fourth-order valence-corrected chi connectivity index (χ4v) is 4.54. The summed E-state index contributed by atoms with van der Waals surface area (Å²) < 4.78 is 13.8. The highest BCUT2D eigenvalue weighted by molar-refractivity contribution is 5.66. The minimum atomic E-state index is -0.494. The van der Waals surface area contributed by atoms with Crippen molar-refractivity contribution in [3.8, 4) is 28.6 Å². The van der Waals surface area contributed by atoms with Crippen molar-refractivity contribution in [3.05, 3.63) is 96.1 Å². The normalized spacial score (nSPS) is 12.9. The molecule has 0 aliphatic heterocycles. The molecule has 194 valence electrons. The number of aromatic nitrogens is 2. The van der Waals surface area contributed by atoms with Gasteiger partial charge in [-0.2, -0.15) is 5.10 Å². The molecular formula is C31H37N3O3. The minimum Gasteiger partial charge on any atom is -0.493 e. The van der Waals surface area contributed by atoms with Crippen molar-refractivity contribution in [3.63, 3.8) is 0 Å². The SMILES string of the molecule is CC[C@@H](C)N(Cc1c(-c2ccccc2)nn(C)c1Oc1ccccc1OC)C[C@H](O)Cc1ccccc1. The second kappa shape index (κ2) is 12.6. The third-order valence-electron chi connectivity index (χ3n) is 6.75. The Morgan fingerprint density at radius 2 is 1.54 bits per heavy atom. The van der Waals surface area contributed by atoms with Crippen molar-refractivity contribution in [2.45, 2.75) is 45.4 Å². The van der Waals surface area contributed by atoms with Gasteiger partial charge in [0.15, 0.2) is 11.5 Å². The Balaban J connectivity index is 1.69. The van der Waals surface area contributed by atoms with Crippen LogP contribution in [0.5, 0.6) is 17.4 Å². The lowest BCUT2D eigenvalue weighted by atomic mass is 10.0. The second-order valence-electron chi connectivity index (χ2n) is 9.41. The highest BCUT2D eigenvalue weighted by Crippen LogP contribution is 2.37. The number of aliphatic hydroxyl groups excluding tert-OH is 1. The first-order valence-electron chi connectivity index (χ1n) is 12.9. The number of methoxy groups -OCH3 is 1. The van der Waals surface area contributed by atoms with Crippen LogP contribution in [0, 0.1) is 0 Å². The number of hydrogen-bond donors (Lipinski definition) is 1. The van der Waals surface area contributed by atoms with Gasteiger partial charge in [-0.1, -0.05) is 79.7 Å². The number of aliphatic hydroxyl groups is 1. The van der Waals surface area contributed by atoms with Gasteiger partial charge in [-0.3, -0.25) is 4.90 Å². The Bertz CT molecular complexity index is 1260. The first-order chi connectivity index (χ1) is 18.0. The molecule has 0 radical (unpaired) electrons. The Morgan fingerprint density at radius 1 is 0.919 bits per heavy atom. The average molecular weight is 500 g/mol. The number of rotatable bonds is 12. The van der Waals surface area contributed by atoms with Crippen LogP contribution in [0.1, 0.15) is 31.4 Å². The molecule has 1 aromatic heterocycles. The van der Waals surface area contributed by atoms with Gasteiger partial charge in [0.25, 0.3) is 0 Å². The Labute approximate surface area is 220 Å². The number of para-hydroxylation sites is 2. The highest BCUT2D eigenvalue weighted by Gasteiger charge is 2.26. The quantitative estimate of drug-likeness (QED) is 0.256. The fraction of sp³-hybridized carbons (Fsp3) is 0.323. The first kappa shape index (κ1) is 26.5. The topological polar surface area (TPSA) is 59.8 Å². The smallest absolute Gasteiger partial charge is 0.222 e. The molecule has 0 unspecified atom stereocenters. The van der Waals surface area contributed by atoms with E-state index in [9.17, 15) is 5.11 Å². The Kier molecular flexibility index (Phi) is 8.99. The zero-order valence-electron chi connectivity index (χ0n) is 22.2. The number of ether oxygens (including phenoxy) is 2. The predicted molar refractivity (Wildman–Crippen MR) is 148 cm³/mol. The van der Waals surface area contributed by atoms with Crippen molar-refractivity contribution in [2.75, 3.05) is 13.7 Å². The molecule has 6 heteroatoms. The molecule has 2 atom stereocenters. The summed E-state index contributed by atoms with van der Waals surface area (Å²) in [4.78, 5) is 2.33. The number of nitrogens with zero attached hydrogens (tertiary/aromatic N) is 3. The molecule has 6 nitrogen and oxygen atoms in total. The number of aryl methyl sites for hydroxylation is 1. The summed E-state index contributed by atoms with van der Waals surface area (Å²) in [5, 5.41) is 15.9. The van der Waals surface area contributed by atoms with Crippen LogP contribution in [0.2, 0.25) is 0 Å². The average Bonchev–Trinajstić information content (AvgIpc) is 3.23. The van der Waals surface area contributed by atoms with Gasteiger partial charge >= 0.3 is 0 Å². The molecule has 4 aromatic rings. The van der Waals surface area contributed by atoms with Gasteiger partial charge in [-0.15, -0.1) is 0 Å². The molecule has 0 amide bonds. The van der Waals surface area contributed by atoms with E-state index in [4.69, 9.17) is 14.6 Å². The molecule has 3 aromatic carbocycles. The van der Waals surface area contributed by atoms with E-state index >= 15 is 0 Å². The van der Waals surface area contributed by atoms with E-state index < -0.39 is 6.10 Å². The van der Waals surface area contributed by atoms with Crippen LogP contribution in [0.15, 0.2) is 84.9 Å². The Morgan fingerprint density at radius 3 is 2.19 bits per heavy atom. The van der Waals surface area contributed by atoms with E-state index in [1.165, 1.54) is 0 Å². The third kappa shape index (κ3) is 6.59. The van der Waals surface area contributed by atoms with Gasteiger partial charge in [0, 0.05) is 31.7 Å². The molecule has 0 aliphatic rings. The van der Waals surface area contributed by atoms with E-state index in [-0.39, 0.29) is 6.04 Å². The van der Waals surface area contributed by atoms with E-state index in [1.807, 2.05) is 67.7 Å². The monoisotopic (exact) mass is 499 g/mol. The summed E-state index contributed by atoms with van der Waals surface area (Å²) in [5.74, 6) is 1.95. The van der Waals surface area contributed by atoms with Crippen molar-refractivity contribution in [1.29, 1.82) is 0 Å². The van der Waals surface area contributed by atoms with Gasteiger partial charge in [0.1, 0.15) is 5.69 Å². The van der Waals surface area contributed by atoms with Crippen LogP contribution in [-0.2, 0) is 20.0 Å². The molecule has 0 saturated carbocycles. The summed E-state index contributed by atoms with van der Waals surface area (Å²) in [6, 6.07) is 28.2. The maximum Gasteiger partial charge on any atom is 0.222 e. The fourth-order valence-electron chi connectivity index (χ4n) is 4.54. The molecule has 37 heavy (non-hydrogen) atoms. The number of hydrogen-bond acceptors (Lipinski definition) is 5. The predicted octanol–water partition coefficient (Wildman–Crippen LogP) is 6.09. The molecule has 1 heterocycles. The maximum atomic E-state index is 11.0. The number of benzene rings is 3. The van der Waals surface area contributed by atoms with Crippen LogP contribution in [0.3, 0.4) is 0 Å². The van der Waals surface area contributed by atoms with Crippen LogP contribution < -0.4 is 9.47 Å². The third-order valence-corrected chi connectivity index (χ3v) is 6.75. The molecular weight excluding hydrogens is 462 g/mol. The van der Waals surface area contributed by atoms with Crippen molar-refractivity contribution in [2.24, 2.45) is 7.05 Å². The van der Waals surface area contributed by atoms with E-state index in [1.54, 1.807) is 11.8 Å². The van der Waals surface area contributed by atoms with Gasteiger partial charge in [-0.05, 0) is 37.5 Å².